The first-order chi connectivity index (χ1) is 11.0. The van der Waals surface area contributed by atoms with Crippen molar-refractivity contribution >= 4 is 17.6 Å². The van der Waals surface area contributed by atoms with Gasteiger partial charge >= 0.3 is 0 Å². The second-order valence-corrected chi connectivity index (χ2v) is 5.61. The fraction of sp³-hybridized carbons (Fsp3) is 0.600. The molecule has 126 valence electrons. The van der Waals surface area contributed by atoms with E-state index in [0.29, 0.717) is 5.69 Å². The van der Waals surface area contributed by atoms with Crippen LogP contribution in [0.3, 0.4) is 0 Å². The Labute approximate surface area is 135 Å². The first-order valence-corrected chi connectivity index (χ1v) is 7.82. The molecule has 4 N–H and O–H groups in total. The number of carbonyl (C=O) groups is 2. The molecule has 0 aromatic carbocycles. The molecule has 0 saturated heterocycles. The Kier molecular flexibility index (Phi) is 5.49. The number of nitrogens with two attached hydrogens (primary N) is 2. The zero-order chi connectivity index (χ0) is 17.0. The first kappa shape index (κ1) is 17.1. The molecule has 8 nitrogen and oxygen atoms in total. The smallest absolute Gasteiger partial charge is 0.269 e. The van der Waals surface area contributed by atoms with Crippen molar-refractivity contribution in [1.82, 2.24) is 9.97 Å². The summed E-state index contributed by atoms with van der Waals surface area (Å²) in [7, 11) is 1.38. The number of methoxy groups -OCH3 is 1. The molecule has 0 spiro atoms. The van der Waals surface area contributed by atoms with Gasteiger partial charge in [0.2, 0.25) is 11.7 Å². The van der Waals surface area contributed by atoms with Gasteiger partial charge in [-0.1, -0.05) is 26.2 Å². The summed E-state index contributed by atoms with van der Waals surface area (Å²) in [6.07, 6.45) is 5.33. The zero-order valence-electron chi connectivity index (χ0n) is 13.5. The molecule has 1 aromatic heterocycles. The number of carbonyl (C=O) groups excluding carboxylic acids is 2. The van der Waals surface area contributed by atoms with E-state index in [4.69, 9.17) is 16.3 Å². The largest absolute Gasteiger partial charge is 0.478 e. The van der Waals surface area contributed by atoms with Crippen LogP contribution >= 0.6 is 0 Å². The van der Waals surface area contributed by atoms with Crippen LogP contribution in [0.4, 0.5) is 5.82 Å². The van der Waals surface area contributed by atoms with Crippen LogP contribution in [0.15, 0.2) is 0 Å². The average Bonchev–Trinajstić information content (AvgIpc) is 2.59. The lowest BCUT2D eigenvalue weighted by molar-refractivity contribution is -0.118. The van der Waals surface area contributed by atoms with E-state index < -0.39 is 5.91 Å². The number of rotatable bonds is 5. The Bertz CT molecular complexity index is 599. The van der Waals surface area contributed by atoms with E-state index in [-0.39, 0.29) is 35.6 Å². The van der Waals surface area contributed by atoms with Crippen LogP contribution in [0.5, 0.6) is 5.88 Å². The highest BCUT2D eigenvalue weighted by atomic mass is 16.5. The van der Waals surface area contributed by atoms with Gasteiger partial charge in [-0.25, -0.2) is 20.8 Å². The Morgan fingerprint density at radius 3 is 2.43 bits per heavy atom. The van der Waals surface area contributed by atoms with Crippen LogP contribution in [0.1, 0.15) is 67.5 Å². The molecule has 0 bridgehead atoms. The molecule has 8 heteroatoms. The van der Waals surface area contributed by atoms with Gasteiger partial charge in [-0.15, -0.1) is 0 Å². The van der Waals surface area contributed by atoms with Crippen LogP contribution in [0, 0.1) is 0 Å². The molecule has 1 fully saturated rings. The van der Waals surface area contributed by atoms with Gasteiger partial charge in [0.05, 0.1) is 12.8 Å². The standard InChI is InChI=1S/C15H23N5O3/c1-3-10(21)20(17)14-15(23-2)19-12(13(16)22)11(18-14)9-7-5-4-6-8-9/h9H,3-8,17H2,1-2H3,(H2,16,22). The van der Waals surface area contributed by atoms with E-state index in [2.05, 4.69) is 9.97 Å². The van der Waals surface area contributed by atoms with Gasteiger partial charge in [-0.2, -0.15) is 0 Å². The van der Waals surface area contributed by atoms with Gasteiger partial charge < -0.3 is 10.5 Å². The molecule has 2 rings (SSSR count). The van der Waals surface area contributed by atoms with E-state index in [0.717, 1.165) is 37.1 Å². The Balaban J connectivity index is 2.53. The highest BCUT2D eigenvalue weighted by Gasteiger charge is 2.28. The van der Waals surface area contributed by atoms with Crippen molar-refractivity contribution in [3.63, 3.8) is 0 Å². The van der Waals surface area contributed by atoms with Gasteiger partial charge in [0.15, 0.2) is 5.69 Å². The normalized spacial score (nSPS) is 15.3. The molecule has 1 aliphatic rings. The van der Waals surface area contributed by atoms with Gasteiger partial charge in [0.25, 0.3) is 11.8 Å². The summed E-state index contributed by atoms with van der Waals surface area (Å²) in [5.41, 5.74) is 6.05. The minimum absolute atomic E-state index is 0.0164. The highest BCUT2D eigenvalue weighted by molar-refractivity contribution is 5.94. The summed E-state index contributed by atoms with van der Waals surface area (Å²) in [6.45, 7) is 1.70. The van der Waals surface area contributed by atoms with Crippen molar-refractivity contribution < 1.29 is 14.3 Å². The third-order valence-corrected chi connectivity index (χ3v) is 4.09. The molecular weight excluding hydrogens is 298 g/mol. The van der Waals surface area contributed by atoms with E-state index in [9.17, 15) is 9.59 Å². The third kappa shape index (κ3) is 3.58. The monoisotopic (exact) mass is 321 g/mol. The maximum atomic E-state index is 11.9. The van der Waals surface area contributed by atoms with Crippen molar-refractivity contribution in [3.8, 4) is 5.88 Å². The number of primary amides is 1. The average molecular weight is 321 g/mol. The van der Waals surface area contributed by atoms with Crippen LogP contribution in [0.2, 0.25) is 0 Å². The molecule has 0 unspecified atom stereocenters. The van der Waals surface area contributed by atoms with Crippen LogP contribution < -0.4 is 21.3 Å². The highest BCUT2D eigenvalue weighted by Crippen LogP contribution is 2.35. The zero-order valence-corrected chi connectivity index (χ0v) is 13.5. The van der Waals surface area contributed by atoms with Gasteiger partial charge in [0.1, 0.15) is 0 Å². The summed E-state index contributed by atoms with van der Waals surface area (Å²) in [5.74, 6) is 5.08. The molecule has 0 radical (unpaired) electrons. The van der Waals surface area contributed by atoms with Gasteiger partial charge in [0, 0.05) is 12.3 Å². The fourth-order valence-electron chi connectivity index (χ4n) is 2.85. The van der Waals surface area contributed by atoms with Crippen molar-refractivity contribution in [2.24, 2.45) is 11.6 Å². The van der Waals surface area contributed by atoms with E-state index >= 15 is 0 Å². The van der Waals surface area contributed by atoms with E-state index in [1.54, 1.807) is 6.92 Å². The van der Waals surface area contributed by atoms with Gasteiger partial charge in [-0.05, 0) is 12.8 Å². The van der Waals surface area contributed by atoms with E-state index in [1.165, 1.54) is 7.11 Å². The fourth-order valence-corrected chi connectivity index (χ4v) is 2.85. The first-order valence-electron chi connectivity index (χ1n) is 7.82. The Morgan fingerprint density at radius 1 is 1.26 bits per heavy atom. The minimum Gasteiger partial charge on any atom is -0.478 e. The maximum absolute atomic E-state index is 11.9. The molecule has 1 aliphatic carbocycles. The molecule has 0 aliphatic heterocycles. The lowest BCUT2D eigenvalue weighted by Crippen LogP contribution is -2.38. The molecule has 23 heavy (non-hydrogen) atoms. The summed E-state index contributed by atoms with van der Waals surface area (Å²) in [6, 6.07) is 0. The van der Waals surface area contributed by atoms with Crippen LogP contribution in [-0.2, 0) is 4.79 Å². The van der Waals surface area contributed by atoms with Crippen molar-refractivity contribution in [3.05, 3.63) is 11.4 Å². The summed E-state index contributed by atoms with van der Waals surface area (Å²) < 4.78 is 5.14. The van der Waals surface area contributed by atoms with E-state index in [1.807, 2.05) is 0 Å². The molecular formula is C15H23N5O3. The van der Waals surface area contributed by atoms with Crippen LogP contribution in [-0.4, -0.2) is 28.9 Å². The molecule has 2 amide bonds. The molecule has 1 aromatic rings. The van der Waals surface area contributed by atoms with Crippen molar-refractivity contribution in [2.45, 2.75) is 51.4 Å². The molecule has 0 atom stereocenters. The Hall–Kier alpha value is -2.22. The predicted octanol–water partition coefficient (Wildman–Crippen LogP) is 1.25. The second-order valence-electron chi connectivity index (χ2n) is 5.61. The SMILES string of the molecule is CCC(=O)N(N)c1nc(C2CCCCC2)c(C(N)=O)nc1OC. The number of amides is 2. The van der Waals surface area contributed by atoms with Crippen LogP contribution in [0.25, 0.3) is 0 Å². The summed E-state index contributed by atoms with van der Waals surface area (Å²) in [4.78, 5) is 32.2. The number of anilines is 1. The van der Waals surface area contributed by atoms with Crippen molar-refractivity contribution in [1.29, 1.82) is 0 Å². The molecule has 1 saturated carbocycles. The maximum Gasteiger partial charge on any atom is 0.269 e. The van der Waals surface area contributed by atoms with Gasteiger partial charge in [-0.3, -0.25) is 9.59 Å². The summed E-state index contributed by atoms with van der Waals surface area (Å²) in [5, 5.41) is 0.920. The lowest BCUT2D eigenvalue weighted by Gasteiger charge is -2.24. The lowest BCUT2D eigenvalue weighted by atomic mass is 9.86. The number of hydrazine groups is 1. The topological polar surface area (TPSA) is 124 Å². The number of nitrogens with zero attached hydrogens (tertiary/aromatic N) is 3. The molecule has 1 heterocycles. The summed E-state index contributed by atoms with van der Waals surface area (Å²) >= 11 is 0. The second kappa shape index (κ2) is 7.36. The predicted molar refractivity (Wildman–Crippen MR) is 84.9 cm³/mol. The third-order valence-electron chi connectivity index (χ3n) is 4.09. The van der Waals surface area contributed by atoms with Crippen molar-refractivity contribution in [2.75, 3.05) is 12.1 Å². The Morgan fingerprint density at radius 2 is 1.91 bits per heavy atom. The quantitative estimate of drug-likeness (QED) is 0.478. The minimum atomic E-state index is -0.659. The number of hydrogen-bond acceptors (Lipinski definition) is 6. The number of hydrogen-bond donors (Lipinski definition) is 2. The number of aromatic nitrogens is 2. The number of ether oxygens (including phenoxy) is 1.